The van der Waals surface area contributed by atoms with Crippen LogP contribution in [-0.2, 0) is 15.0 Å². The maximum Gasteiger partial charge on any atom is 0.230 e. The monoisotopic (exact) mass is 418 g/mol. The summed E-state index contributed by atoms with van der Waals surface area (Å²) in [6, 6.07) is 4.49. The van der Waals surface area contributed by atoms with Gasteiger partial charge in [0.25, 0.3) is 0 Å². The van der Waals surface area contributed by atoms with Gasteiger partial charge in [0.1, 0.15) is 5.82 Å². The smallest absolute Gasteiger partial charge is 0.230 e. The van der Waals surface area contributed by atoms with Gasteiger partial charge in [-0.2, -0.15) is 0 Å². The molecule has 5 fully saturated rings. The Balaban J connectivity index is 1.42. The van der Waals surface area contributed by atoms with Gasteiger partial charge in [-0.05, 0) is 80.4 Å². The molecule has 1 aromatic rings. The first-order valence-corrected chi connectivity index (χ1v) is 11.3. The first-order valence-electron chi connectivity index (χ1n) is 10.9. The molecule has 0 saturated heterocycles. The lowest BCUT2D eigenvalue weighted by Crippen LogP contribution is -2.63. The molecule has 1 aromatic carbocycles. The average Bonchev–Trinajstić information content (AvgIpc) is 3.14. The molecule has 0 heterocycles. The van der Waals surface area contributed by atoms with Crippen molar-refractivity contribution in [2.45, 2.75) is 69.2 Å². The van der Waals surface area contributed by atoms with Crippen molar-refractivity contribution < 1.29 is 14.0 Å². The minimum atomic E-state index is -0.680. The molecule has 2 unspecified atom stereocenters. The normalized spacial score (nSPS) is 36.9. The third kappa shape index (κ3) is 2.91. The van der Waals surface area contributed by atoms with E-state index in [-0.39, 0.29) is 29.1 Å². The molecule has 3 N–H and O–H groups in total. The fourth-order valence-corrected chi connectivity index (χ4v) is 7.67. The quantitative estimate of drug-likeness (QED) is 0.773. The molecule has 0 spiro atoms. The minimum absolute atomic E-state index is 0.0223. The van der Waals surface area contributed by atoms with Gasteiger partial charge in [-0.3, -0.25) is 9.59 Å². The second-order valence-corrected chi connectivity index (χ2v) is 10.4. The minimum Gasteiger partial charge on any atom is -0.369 e. The van der Waals surface area contributed by atoms with Crippen molar-refractivity contribution in [1.82, 2.24) is 5.32 Å². The highest BCUT2D eigenvalue weighted by atomic mass is 35.5. The molecule has 4 nitrogen and oxygen atoms in total. The van der Waals surface area contributed by atoms with Crippen molar-refractivity contribution in [2.24, 2.45) is 28.9 Å². The summed E-state index contributed by atoms with van der Waals surface area (Å²) in [5, 5.41) is 3.73. The summed E-state index contributed by atoms with van der Waals surface area (Å²) >= 11 is 6.39. The summed E-state index contributed by atoms with van der Waals surface area (Å²) in [6.45, 7) is 0. The number of hydrogen-bond donors (Lipinski definition) is 2. The fourth-order valence-electron chi connectivity index (χ4n) is 7.33. The van der Waals surface area contributed by atoms with Crippen LogP contribution in [0.1, 0.15) is 63.4 Å². The highest BCUT2D eigenvalue weighted by Gasteiger charge is 2.58. The largest absolute Gasteiger partial charge is 0.369 e. The molecule has 5 aliphatic carbocycles. The molecule has 4 bridgehead atoms. The second kappa shape index (κ2) is 6.69. The van der Waals surface area contributed by atoms with Gasteiger partial charge in [-0.25, -0.2) is 4.39 Å². The van der Waals surface area contributed by atoms with E-state index in [2.05, 4.69) is 5.32 Å². The van der Waals surface area contributed by atoms with Crippen LogP contribution < -0.4 is 11.1 Å². The lowest BCUT2D eigenvalue weighted by atomic mass is 9.47. The van der Waals surface area contributed by atoms with Crippen LogP contribution in [0.5, 0.6) is 0 Å². The average molecular weight is 419 g/mol. The zero-order chi connectivity index (χ0) is 20.4. The summed E-state index contributed by atoms with van der Waals surface area (Å²) in [6.07, 6.45) is 8.05. The Kier molecular flexibility index (Phi) is 4.47. The van der Waals surface area contributed by atoms with Gasteiger partial charge in [0, 0.05) is 16.5 Å². The van der Waals surface area contributed by atoms with Gasteiger partial charge in [0.05, 0.1) is 5.41 Å². The van der Waals surface area contributed by atoms with Gasteiger partial charge in [-0.15, -0.1) is 0 Å². The van der Waals surface area contributed by atoms with Crippen molar-refractivity contribution in [3.05, 3.63) is 34.6 Å². The lowest BCUT2D eigenvalue weighted by Gasteiger charge is -2.59. The van der Waals surface area contributed by atoms with E-state index in [1.54, 1.807) is 6.07 Å². The molecular weight excluding hydrogens is 391 g/mol. The summed E-state index contributed by atoms with van der Waals surface area (Å²) in [5.41, 5.74) is 5.50. The predicted molar refractivity (Wildman–Crippen MR) is 109 cm³/mol. The van der Waals surface area contributed by atoms with E-state index >= 15 is 0 Å². The molecule has 2 amide bonds. The molecule has 5 aliphatic rings. The highest BCUT2D eigenvalue weighted by Crippen LogP contribution is 2.60. The molecule has 2 atom stereocenters. The Morgan fingerprint density at radius 1 is 1.10 bits per heavy atom. The molecule has 0 aromatic heterocycles. The topological polar surface area (TPSA) is 72.2 Å². The van der Waals surface area contributed by atoms with E-state index < -0.39 is 5.41 Å². The van der Waals surface area contributed by atoms with E-state index in [1.165, 1.54) is 12.1 Å². The number of rotatable bonds is 4. The molecule has 6 heteroatoms. The maximum atomic E-state index is 13.7. The van der Waals surface area contributed by atoms with Gasteiger partial charge in [-0.1, -0.05) is 30.5 Å². The molecule has 6 rings (SSSR count). The fraction of sp³-hybridized carbons (Fsp3) is 0.652. The zero-order valence-corrected chi connectivity index (χ0v) is 17.3. The highest BCUT2D eigenvalue weighted by molar-refractivity contribution is 6.31. The Labute approximate surface area is 175 Å². The van der Waals surface area contributed by atoms with Crippen LogP contribution in [0.4, 0.5) is 4.39 Å². The SMILES string of the molecule is NC(=O)C12CC3CC(C1)C(NC(=O)C1(c4ccc(F)cc4Cl)CCCC1)C(C3)C2. The van der Waals surface area contributed by atoms with Gasteiger partial charge in [0.2, 0.25) is 11.8 Å². The first-order chi connectivity index (χ1) is 13.8. The van der Waals surface area contributed by atoms with Crippen LogP contribution in [0.25, 0.3) is 0 Å². The second-order valence-electron chi connectivity index (χ2n) is 10.0. The van der Waals surface area contributed by atoms with Crippen LogP contribution >= 0.6 is 11.6 Å². The number of hydrogen-bond acceptors (Lipinski definition) is 2. The molecule has 29 heavy (non-hydrogen) atoms. The van der Waals surface area contributed by atoms with Crippen molar-refractivity contribution in [3.63, 3.8) is 0 Å². The van der Waals surface area contributed by atoms with Crippen LogP contribution in [0, 0.1) is 29.0 Å². The van der Waals surface area contributed by atoms with Crippen LogP contribution in [-0.4, -0.2) is 17.9 Å². The maximum absolute atomic E-state index is 13.7. The molecule has 156 valence electrons. The van der Waals surface area contributed by atoms with E-state index in [9.17, 15) is 14.0 Å². The third-order valence-corrected chi connectivity index (χ3v) is 8.74. The van der Waals surface area contributed by atoms with Gasteiger partial charge >= 0.3 is 0 Å². The van der Waals surface area contributed by atoms with E-state index in [0.29, 0.717) is 22.8 Å². The molecule has 5 saturated carbocycles. The Morgan fingerprint density at radius 3 is 2.34 bits per heavy atom. The van der Waals surface area contributed by atoms with E-state index in [4.69, 9.17) is 17.3 Å². The van der Waals surface area contributed by atoms with Crippen molar-refractivity contribution >= 4 is 23.4 Å². The number of nitrogens with two attached hydrogens (primary N) is 1. The van der Waals surface area contributed by atoms with Crippen LogP contribution in [0.2, 0.25) is 5.02 Å². The van der Waals surface area contributed by atoms with Crippen molar-refractivity contribution in [3.8, 4) is 0 Å². The van der Waals surface area contributed by atoms with E-state index in [1.807, 2.05) is 0 Å². The van der Waals surface area contributed by atoms with Crippen molar-refractivity contribution in [1.29, 1.82) is 0 Å². The summed E-state index contributed by atoms with van der Waals surface area (Å²) in [4.78, 5) is 25.8. The molecular formula is C23H28ClFN2O2. The molecule has 0 radical (unpaired) electrons. The number of halogens is 2. The van der Waals surface area contributed by atoms with Crippen LogP contribution in [0.3, 0.4) is 0 Å². The Hall–Kier alpha value is -1.62. The van der Waals surface area contributed by atoms with Gasteiger partial charge < -0.3 is 11.1 Å². The number of carbonyl (C=O) groups is 2. The lowest BCUT2D eigenvalue weighted by molar-refractivity contribution is -0.148. The summed E-state index contributed by atoms with van der Waals surface area (Å²) in [7, 11) is 0. The number of carbonyl (C=O) groups excluding carboxylic acids is 2. The predicted octanol–water partition coefficient (Wildman–Crippen LogP) is 4.09. The number of amides is 2. The Bertz CT molecular complexity index is 850. The van der Waals surface area contributed by atoms with Crippen molar-refractivity contribution in [2.75, 3.05) is 0 Å². The third-order valence-electron chi connectivity index (χ3n) is 8.43. The Morgan fingerprint density at radius 2 is 1.76 bits per heavy atom. The summed E-state index contributed by atoms with van der Waals surface area (Å²) < 4.78 is 13.6. The number of primary amides is 1. The summed E-state index contributed by atoms with van der Waals surface area (Å²) in [5.74, 6) is 0.672. The van der Waals surface area contributed by atoms with Gasteiger partial charge in [0.15, 0.2) is 0 Å². The first kappa shape index (κ1) is 19.3. The van der Waals surface area contributed by atoms with Crippen LogP contribution in [0.15, 0.2) is 18.2 Å². The zero-order valence-electron chi connectivity index (χ0n) is 16.6. The standard InChI is InChI=1S/C23H28ClFN2O2/c24-18-9-16(25)3-4-17(18)23(5-1-2-6-23)21(29)27-19-14-7-13-8-15(19)12-22(10-13,11-14)20(26)28/h3-4,9,13-15,19H,1-2,5-8,10-12H2,(H2,26,28)(H,27,29). The number of benzene rings is 1. The van der Waals surface area contributed by atoms with E-state index in [0.717, 1.165) is 63.4 Å². The number of nitrogens with one attached hydrogen (secondary N) is 1. The molecule has 0 aliphatic heterocycles.